The van der Waals surface area contributed by atoms with Gasteiger partial charge in [-0.25, -0.2) is 0 Å². The van der Waals surface area contributed by atoms with Crippen molar-refractivity contribution >= 4 is 7.53 Å². The number of hydrogen-bond acceptors (Lipinski definition) is 0. The van der Waals surface area contributed by atoms with Gasteiger partial charge in [-0.05, 0) is 53.6 Å². The fraction of sp³-hybridized carbons (Fsp3) is 0.714. The molecule has 0 aliphatic carbocycles. The zero-order chi connectivity index (χ0) is 11.4. The Morgan fingerprint density at radius 1 is 0.667 bits per heavy atom. The van der Waals surface area contributed by atoms with Crippen molar-refractivity contribution in [2.24, 2.45) is 0 Å². The minimum atomic E-state index is 0.0990. The van der Waals surface area contributed by atoms with Crippen LogP contribution < -0.4 is 0 Å². The molecule has 0 atom stereocenters. The maximum atomic E-state index is 2.36. The quantitative estimate of drug-likeness (QED) is 0.664. The van der Waals surface area contributed by atoms with Crippen LogP contribution in [0.4, 0.5) is 0 Å². The van der Waals surface area contributed by atoms with Crippen molar-refractivity contribution in [3.8, 4) is 0 Å². The highest BCUT2D eigenvalue weighted by atomic mass is 31.1. The van der Waals surface area contributed by atoms with Gasteiger partial charge in [0.1, 0.15) is 0 Å². The maximum Gasteiger partial charge on any atom is -0.0164 e. The minimum absolute atomic E-state index is 0.0990. The predicted octanol–water partition coefficient (Wildman–Crippen LogP) is 4.94. The molecule has 0 spiro atoms. The van der Waals surface area contributed by atoms with E-state index >= 15 is 0 Å². The fourth-order valence-corrected chi connectivity index (χ4v) is 5.95. The molecule has 0 nitrogen and oxygen atoms in total. The Morgan fingerprint density at radius 2 is 1.07 bits per heavy atom. The molecular weight excluding hydrogens is 199 g/mol. The van der Waals surface area contributed by atoms with Crippen LogP contribution in [0.1, 0.15) is 56.3 Å². The summed E-state index contributed by atoms with van der Waals surface area (Å²) in [7, 11) is 0.0990. The van der Waals surface area contributed by atoms with Crippen molar-refractivity contribution in [2.75, 3.05) is 0 Å². The largest absolute Gasteiger partial charge is 0.118 e. The third-order valence-corrected chi connectivity index (χ3v) is 6.51. The van der Waals surface area contributed by atoms with Crippen LogP contribution in [0.15, 0.2) is 0 Å². The van der Waals surface area contributed by atoms with Crippen molar-refractivity contribution in [3.63, 3.8) is 0 Å². The molecule has 0 unspecified atom stereocenters. The highest BCUT2D eigenvalue weighted by molar-refractivity contribution is 7.50. The van der Waals surface area contributed by atoms with Crippen LogP contribution >= 0.6 is 7.53 Å². The second-order valence-corrected chi connectivity index (χ2v) is 6.58. The zero-order valence-corrected chi connectivity index (χ0v) is 11.9. The molecule has 0 amide bonds. The van der Waals surface area contributed by atoms with Gasteiger partial charge in [-0.1, -0.05) is 34.6 Å². The smallest absolute Gasteiger partial charge is 0.0164 e. The van der Waals surface area contributed by atoms with Gasteiger partial charge in [0, 0.05) is 0 Å². The lowest BCUT2D eigenvalue weighted by atomic mass is 10.0. The molecule has 0 radical (unpaired) electrons. The molecule has 0 bridgehead atoms. The first kappa shape index (κ1) is 12.8. The molecule has 0 aromatic carbocycles. The van der Waals surface area contributed by atoms with Gasteiger partial charge >= 0.3 is 0 Å². The third-order valence-electron chi connectivity index (χ3n) is 3.41. The lowest BCUT2D eigenvalue weighted by Gasteiger charge is -2.04. The summed E-state index contributed by atoms with van der Waals surface area (Å²) < 4.78 is 0. The third kappa shape index (κ3) is 2.16. The molecule has 1 aromatic heterocycles. The summed E-state index contributed by atoms with van der Waals surface area (Å²) >= 11 is 0. The number of hydrogen-bond donors (Lipinski definition) is 0. The summed E-state index contributed by atoms with van der Waals surface area (Å²) in [6.07, 6.45) is 6.39. The second-order valence-electron chi connectivity index (χ2n) is 4.01. The van der Waals surface area contributed by atoms with Gasteiger partial charge in [-0.3, -0.25) is 0 Å². The van der Waals surface area contributed by atoms with Crippen LogP contribution in [-0.4, -0.2) is 0 Å². The van der Waals surface area contributed by atoms with E-state index in [1.807, 2.05) is 10.6 Å². The van der Waals surface area contributed by atoms with E-state index in [0.717, 1.165) is 0 Å². The molecule has 0 N–H and O–H groups in total. The second kappa shape index (κ2) is 5.75. The van der Waals surface area contributed by atoms with Gasteiger partial charge in [0.2, 0.25) is 0 Å². The van der Waals surface area contributed by atoms with Crippen LogP contribution in [0.2, 0.25) is 0 Å². The Labute approximate surface area is 96.2 Å². The van der Waals surface area contributed by atoms with E-state index in [9.17, 15) is 0 Å². The zero-order valence-electron chi connectivity index (χ0n) is 11.0. The summed E-state index contributed by atoms with van der Waals surface area (Å²) in [5, 5.41) is 3.62. The highest BCUT2D eigenvalue weighted by Gasteiger charge is 2.17. The molecule has 0 fully saturated rings. The molecule has 0 aliphatic rings. The van der Waals surface area contributed by atoms with Gasteiger partial charge in [-0.15, -0.1) is 7.53 Å². The monoisotopic (exact) mass is 224 g/mol. The Bertz CT molecular complexity index is 229. The summed E-state index contributed by atoms with van der Waals surface area (Å²) in [6.45, 7) is 11.7. The van der Waals surface area contributed by atoms with E-state index in [1.165, 1.54) is 31.8 Å². The predicted molar refractivity (Wildman–Crippen MR) is 72.3 cm³/mol. The van der Waals surface area contributed by atoms with E-state index in [4.69, 9.17) is 0 Å². The Hall–Kier alpha value is -0.220. The lowest BCUT2D eigenvalue weighted by molar-refractivity contribution is 0.992. The lowest BCUT2D eigenvalue weighted by Crippen LogP contribution is -1.91. The van der Waals surface area contributed by atoms with Crippen LogP contribution in [0, 0.1) is 0 Å². The molecule has 0 saturated carbocycles. The van der Waals surface area contributed by atoms with Crippen LogP contribution in [-0.2, 0) is 31.8 Å². The molecule has 1 heterocycles. The average molecular weight is 224 g/mol. The average Bonchev–Trinajstić information content (AvgIpc) is 2.59. The topological polar surface area (TPSA) is 0 Å². The van der Waals surface area contributed by atoms with E-state index in [2.05, 4.69) is 34.6 Å². The van der Waals surface area contributed by atoms with Crippen molar-refractivity contribution in [1.29, 1.82) is 0 Å². The van der Waals surface area contributed by atoms with Gasteiger partial charge < -0.3 is 0 Å². The van der Waals surface area contributed by atoms with Crippen LogP contribution in [0.3, 0.4) is 0 Å². The van der Waals surface area contributed by atoms with E-state index in [-0.39, 0.29) is 7.53 Å². The van der Waals surface area contributed by atoms with Crippen molar-refractivity contribution in [3.05, 3.63) is 21.7 Å². The first-order valence-corrected chi connectivity index (χ1v) is 7.99. The number of rotatable bonds is 5. The maximum absolute atomic E-state index is 2.36. The summed E-state index contributed by atoms with van der Waals surface area (Å²) in [5.74, 6) is 0. The standard InChI is InChI=1S/C14H25P/c1-6-11-12(7-2)14(9-4)15(10-5)13(11)8-3/h6-10H2,1-5H3. The summed E-state index contributed by atoms with van der Waals surface area (Å²) in [5.41, 5.74) is 3.45. The normalized spacial score (nSPS) is 11.0. The minimum Gasteiger partial charge on any atom is -0.118 e. The SMILES string of the molecule is CCc1c(CC)c(CC)p(CC)c1CC. The molecule has 86 valence electrons. The molecule has 1 heteroatoms. The fourth-order valence-electron chi connectivity index (χ4n) is 2.86. The first-order chi connectivity index (χ1) is 7.24. The van der Waals surface area contributed by atoms with Gasteiger partial charge in [0.15, 0.2) is 0 Å². The molecule has 0 saturated heterocycles. The van der Waals surface area contributed by atoms with Gasteiger partial charge in [0.05, 0.1) is 0 Å². The van der Waals surface area contributed by atoms with Crippen molar-refractivity contribution in [1.82, 2.24) is 0 Å². The Morgan fingerprint density at radius 3 is 1.27 bits per heavy atom. The molecule has 1 aromatic rings. The molecule has 0 aliphatic heterocycles. The van der Waals surface area contributed by atoms with Gasteiger partial charge in [-0.2, -0.15) is 0 Å². The summed E-state index contributed by atoms with van der Waals surface area (Å²) in [6, 6.07) is 0. The van der Waals surface area contributed by atoms with E-state index < -0.39 is 0 Å². The van der Waals surface area contributed by atoms with E-state index in [1.54, 1.807) is 11.1 Å². The van der Waals surface area contributed by atoms with Gasteiger partial charge in [0.25, 0.3) is 0 Å². The molecule has 1 rings (SSSR count). The Balaban J connectivity index is 3.41. The Kier molecular flexibility index (Phi) is 4.93. The van der Waals surface area contributed by atoms with Crippen LogP contribution in [0.5, 0.6) is 0 Å². The first-order valence-electron chi connectivity index (χ1n) is 6.46. The molecular formula is C14H25P. The van der Waals surface area contributed by atoms with Crippen molar-refractivity contribution in [2.45, 2.75) is 66.5 Å². The van der Waals surface area contributed by atoms with Crippen molar-refractivity contribution < 1.29 is 0 Å². The van der Waals surface area contributed by atoms with Crippen LogP contribution in [0.25, 0.3) is 0 Å². The van der Waals surface area contributed by atoms with E-state index in [0.29, 0.717) is 0 Å². The highest BCUT2D eigenvalue weighted by Crippen LogP contribution is 2.47. The summed E-state index contributed by atoms with van der Waals surface area (Å²) in [4.78, 5) is 0. The molecule has 15 heavy (non-hydrogen) atoms.